The summed E-state index contributed by atoms with van der Waals surface area (Å²) in [6.45, 7) is 5.91. The highest BCUT2D eigenvalue weighted by atomic mass is 16.5. The van der Waals surface area contributed by atoms with E-state index >= 15 is 0 Å². The van der Waals surface area contributed by atoms with Crippen LogP contribution in [0.5, 0.6) is 17.2 Å². The molecule has 0 saturated carbocycles. The van der Waals surface area contributed by atoms with Gasteiger partial charge in [-0.2, -0.15) is 0 Å². The van der Waals surface area contributed by atoms with E-state index in [4.69, 9.17) is 19.9 Å². The molecule has 0 saturated heterocycles. The van der Waals surface area contributed by atoms with Crippen molar-refractivity contribution in [1.29, 1.82) is 0 Å². The number of rotatable bonds is 6. The Morgan fingerprint density at radius 3 is 2.22 bits per heavy atom. The molecule has 4 nitrogen and oxygen atoms in total. The van der Waals surface area contributed by atoms with Gasteiger partial charge in [0.1, 0.15) is 5.75 Å². The minimum Gasteiger partial charge on any atom is -0.497 e. The molecule has 0 aromatic heterocycles. The molecular formula is C14H23NO3. The molecule has 0 aliphatic rings. The van der Waals surface area contributed by atoms with Crippen molar-refractivity contribution in [3.05, 3.63) is 17.7 Å². The van der Waals surface area contributed by atoms with E-state index in [9.17, 15) is 0 Å². The van der Waals surface area contributed by atoms with Crippen molar-refractivity contribution in [2.75, 3.05) is 14.2 Å². The fraction of sp³-hybridized carbons (Fsp3) is 0.571. The van der Waals surface area contributed by atoms with E-state index in [1.165, 1.54) is 0 Å². The number of hydrogen-bond acceptors (Lipinski definition) is 4. The van der Waals surface area contributed by atoms with E-state index in [0.29, 0.717) is 5.75 Å². The third kappa shape index (κ3) is 3.81. The molecule has 18 heavy (non-hydrogen) atoms. The fourth-order valence-corrected chi connectivity index (χ4v) is 1.82. The van der Waals surface area contributed by atoms with Crippen molar-refractivity contribution in [2.45, 2.75) is 39.3 Å². The Labute approximate surface area is 109 Å². The quantitative estimate of drug-likeness (QED) is 0.847. The van der Waals surface area contributed by atoms with Crippen molar-refractivity contribution < 1.29 is 14.2 Å². The van der Waals surface area contributed by atoms with Gasteiger partial charge in [0.05, 0.1) is 20.3 Å². The predicted octanol–water partition coefficient (Wildman–Crippen LogP) is 2.38. The Kier molecular flexibility index (Phi) is 5.28. The van der Waals surface area contributed by atoms with E-state index in [-0.39, 0.29) is 12.1 Å². The summed E-state index contributed by atoms with van der Waals surface area (Å²) in [5.41, 5.74) is 6.86. The topological polar surface area (TPSA) is 53.7 Å². The van der Waals surface area contributed by atoms with Crippen LogP contribution in [0.2, 0.25) is 0 Å². The maximum atomic E-state index is 5.85. The molecule has 0 aliphatic heterocycles. The van der Waals surface area contributed by atoms with Crippen LogP contribution in [0.4, 0.5) is 0 Å². The summed E-state index contributed by atoms with van der Waals surface area (Å²) >= 11 is 0. The molecule has 1 atom stereocenters. The van der Waals surface area contributed by atoms with E-state index in [0.717, 1.165) is 23.5 Å². The van der Waals surface area contributed by atoms with Gasteiger partial charge in [0, 0.05) is 17.7 Å². The van der Waals surface area contributed by atoms with E-state index < -0.39 is 0 Å². The minimum absolute atomic E-state index is 0.0536. The summed E-state index contributed by atoms with van der Waals surface area (Å²) in [4.78, 5) is 0. The van der Waals surface area contributed by atoms with Crippen LogP contribution in [0.25, 0.3) is 0 Å². The molecule has 0 amide bonds. The first-order valence-corrected chi connectivity index (χ1v) is 6.15. The second-order valence-corrected chi connectivity index (χ2v) is 4.67. The van der Waals surface area contributed by atoms with Crippen molar-refractivity contribution in [2.24, 2.45) is 5.73 Å². The summed E-state index contributed by atoms with van der Waals surface area (Å²) in [6.07, 6.45) is 0.795. The molecule has 0 aliphatic carbocycles. The second-order valence-electron chi connectivity index (χ2n) is 4.67. The first-order chi connectivity index (χ1) is 8.47. The Morgan fingerprint density at radius 2 is 1.78 bits per heavy atom. The van der Waals surface area contributed by atoms with Crippen molar-refractivity contribution in [3.8, 4) is 17.2 Å². The number of methoxy groups -OCH3 is 2. The molecule has 0 radical (unpaired) electrons. The van der Waals surface area contributed by atoms with Crippen LogP contribution >= 0.6 is 0 Å². The highest BCUT2D eigenvalue weighted by Crippen LogP contribution is 2.36. The minimum atomic E-state index is 0.0536. The third-order valence-electron chi connectivity index (χ3n) is 2.45. The molecule has 0 spiro atoms. The van der Waals surface area contributed by atoms with Crippen molar-refractivity contribution >= 4 is 0 Å². The zero-order chi connectivity index (χ0) is 13.7. The normalized spacial score (nSPS) is 12.4. The van der Waals surface area contributed by atoms with Gasteiger partial charge >= 0.3 is 0 Å². The lowest BCUT2D eigenvalue weighted by Crippen LogP contribution is -2.18. The van der Waals surface area contributed by atoms with Gasteiger partial charge in [-0.25, -0.2) is 0 Å². The van der Waals surface area contributed by atoms with Crippen molar-refractivity contribution in [1.82, 2.24) is 0 Å². The molecule has 0 bridgehead atoms. The summed E-state index contributed by atoms with van der Waals surface area (Å²) < 4.78 is 16.5. The molecule has 1 unspecified atom stereocenters. The maximum absolute atomic E-state index is 5.85. The summed E-state index contributed by atoms with van der Waals surface area (Å²) in [5, 5.41) is 0. The zero-order valence-electron chi connectivity index (χ0n) is 11.8. The van der Waals surface area contributed by atoms with Gasteiger partial charge in [0.15, 0.2) is 11.5 Å². The van der Waals surface area contributed by atoms with E-state index in [1.807, 2.05) is 32.9 Å². The fourth-order valence-electron chi connectivity index (χ4n) is 1.82. The zero-order valence-corrected chi connectivity index (χ0v) is 11.8. The summed E-state index contributed by atoms with van der Waals surface area (Å²) in [5.74, 6) is 2.19. The number of ether oxygens (including phenoxy) is 3. The molecular weight excluding hydrogens is 231 g/mol. The van der Waals surface area contributed by atoms with E-state index in [2.05, 4.69) is 0 Å². The lowest BCUT2D eigenvalue weighted by atomic mass is 10.1. The standard InChI is InChI=1S/C14H23NO3/c1-9(2)18-13-8-12(16-4)7-11(6-10(3)15)14(13)17-5/h7-10H,6,15H2,1-5H3/i7+1. The SMILES string of the molecule is COc1cc(OC(C)C)c(OC)c(CC(C)N)[13cH]1. The largest absolute Gasteiger partial charge is 0.497 e. The van der Waals surface area contributed by atoms with Crippen LogP contribution in [-0.4, -0.2) is 26.4 Å². The van der Waals surface area contributed by atoms with Gasteiger partial charge < -0.3 is 19.9 Å². The molecule has 1 rings (SSSR count). The van der Waals surface area contributed by atoms with Crippen LogP contribution in [-0.2, 0) is 6.42 Å². The lowest BCUT2D eigenvalue weighted by molar-refractivity contribution is 0.228. The van der Waals surface area contributed by atoms with Gasteiger partial charge in [-0.05, 0) is 33.3 Å². The van der Waals surface area contributed by atoms with E-state index in [1.54, 1.807) is 14.2 Å². The molecule has 0 fully saturated rings. The van der Waals surface area contributed by atoms with Crippen molar-refractivity contribution in [3.63, 3.8) is 0 Å². The highest BCUT2D eigenvalue weighted by molar-refractivity contribution is 5.52. The Balaban J connectivity index is 3.20. The number of hydrogen-bond donors (Lipinski definition) is 1. The first kappa shape index (κ1) is 14.6. The number of benzene rings is 1. The average Bonchev–Trinajstić information content (AvgIpc) is 2.27. The van der Waals surface area contributed by atoms with Crippen LogP contribution < -0.4 is 19.9 Å². The van der Waals surface area contributed by atoms with Crippen LogP contribution in [0.15, 0.2) is 12.1 Å². The molecule has 1 aromatic rings. The van der Waals surface area contributed by atoms with Gasteiger partial charge in [-0.3, -0.25) is 0 Å². The van der Waals surface area contributed by atoms with Crippen LogP contribution in [0.3, 0.4) is 0 Å². The van der Waals surface area contributed by atoms with Crippen LogP contribution in [0.1, 0.15) is 26.3 Å². The second kappa shape index (κ2) is 6.50. The molecule has 2 N–H and O–H groups in total. The first-order valence-electron chi connectivity index (χ1n) is 6.15. The van der Waals surface area contributed by atoms with Gasteiger partial charge in [0.25, 0.3) is 0 Å². The lowest BCUT2D eigenvalue weighted by Gasteiger charge is -2.18. The number of nitrogens with two attached hydrogens (primary N) is 1. The van der Waals surface area contributed by atoms with Crippen LogP contribution in [0, 0.1) is 0 Å². The average molecular weight is 254 g/mol. The Morgan fingerprint density at radius 1 is 1.11 bits per heavy atom. The van der Waals surface area contributed by atoms with Gasteiger partial charge in [-0.15, -0.1) is 0 Å². The molecule has 102 valence electrons. The monoisotopic (exact) mass is 254 g/mol. The summed E-state index contributed by atoms with van der Waals surface area (Å²) in [6, 6.07) is 3.83. The smallest absolute Gasteiger partial charge is 0.165 e. The Bertz CT molecular complexity index is 358. The predicted molar refractivity (Wildman–Crippen MR) is 72.7 cm³/mol. The molecule has 4 heteroatoms. The highest BCUT2D eigenvalue weighted by Gasteiger charge is 2.15. The third-order valence-corrected chi connectivity index (χ3v) is 2.45. The summed E-state index contributed by atoms with van der Waals surface area (Å²) in [7, 11) is 3.27. The molecule has 1 aromatic carbocycles. The molecule has 0 heterocycles. The Hall–Kier alpha value is -1.42. The maximum Gasteiger partial charge on any atom is 0.165 e. The van der Waals surface area contributed by atoms with Gasteiger partial charge in [0.2, 0.25) is 0 Å². The van der Waals surface area contributed by atoms with Gasteiger partial charge in [-0.1, -0.05) is 0 Å².